The first-order chi connectivity index (χ1) is 15.8. The Hall–Kier alpha value is -3.08. The second-order valence-corrected chi connectivity index (χ2v) is 8.16. The van der Waals surface area contributed by atoms with Gasteiger partial charge in [0.2, 0.25) is 0 Å². The highest BCUT2D eigenvalue weighted by Gasteiger charge is 2.08. The van der Waals surface area contributed by atoms with E-state index < -0.39 is 0 Å². The van der Waals surface area contributed by atoms with Crippen molar-refractivity contribution in [3.05, 3.63) is 96.1 Å². The summed E-state index contributed by atoms with van der Waals surface area (Å²) < 4.78 is 0. The molecule has 0 saturated heterocycles. The summed E-state index contributed by atoms with van der Waals surface area (Å²) in [6.07, 6.45) is 4.05. The van der Waals surface area contributed by atoms with E-state index in [1.165, 1.54) is 11.4 Å². The van der Waals surface area contributed by atoms with E-state index in [-0.39, 0.29) is 0 Å². The van der Waals surface area contributed by atoms with Crippen molar-refractivity contribution in [3.8, 4) is 0 Å². The van der Waals surface area contributed by atoms with Gasteiger partial charge in [-0.1, -0.05) is 48.0 Å². The number of fused-ring (bicyclic) bond motifs is 1. The minimum Gasteiger partial charge on any atom is -0.384 e. The summed E-state index contributed by atoms with van der Waals surface area (Å²) in [6.45, 7) is 3.81. The number of nitrogens with zero attached hydrogens (tertiary/aromatic N) is 2. The summed E-state index contributed by atoms with van der Waals surface area (Å²) in [4.78, 5) is 6.76. The SMILES string of the molecule is Clc1ccc2c(NCCCCNCCN(c3ccccc3)c3ccccc3)ccnc2c1. The molecule has 0 fully saturated rings. The quantitative estimate of drug-likeness (QED) is 0.259. The molecule has 0 amide bonds. The molecule has 0 radical (unpaired) electrons. The second kappa shape index (κ2) is 11.5. The number of anilines is 3. The molecular formula is C27H29ClN4. The van der Waals surface area contributed by atoms with Gasteiger partial charge in [-0.15, -0.1) is 0 Å². The van der Waals surface area contributed by atoms with E-state index in [4.69, 9.17) is 11.6 Å². The van der Waals surface area contributed by atoms with Crippen LogP contribution >= 0.6 is 11.6 Å². The molecule has 0 aliphatic rings. The molecule has 0 spiro atoms. The van der Waals surface area contributed by atoms with Crippen LogP contribution in [0.1, 0.15) is 12.8 Å². The van der Waals surface area contributed by atoms with Crippen LogP contribution in [0.3, 0.4) is 0 Å². The number of halogens is 1. The maximum atomic E-state index is 6.08. The van der Waals surface area contributed by atoms with E-state index in [9.17, 15) is 0 Å². The van der Waals surface area contributed by atoms with Crippen LogP contribution in [-0.4, -0.2) is 31.2 Å². The van der Waals surface area contributed by atoms with Crippen molar-refractivity contribution in [1.82, 2.24) is 10.3 Å². The van der Waals surface area contributed by atoms with Gasteiger partial charge in [0.25, 0.3) is 0 Å². The van der Waals surface area contributed by atoms with Crippen molar-refractivity contribution in [3.63, 3.8) is 0 Å². The molecule has 164 valence electrons. The molecule has 0 unspecified atom stereocenters. The van der Waals surface area contributed by atoms with Crippen LogP contribution in [0.25, 0.3) is 10.9 Å². The fourth-order valence-electron chi connectivity index (χ4n) is 3.81. The lowest BCUT2D eigenvalue weighted by Gasteiger charge is -2.25. The molecule has 0 atom stereocenters. The Kier molecular flexibility index (Phi) is 7.96. The van der Waals surface area contributed by atoms with Crippen LogP contribution in [-0.2, 0) is 0 Å². The summed E-state index contributed by atoms with van der Waals surface area (Å²) in [5, 5.41) is 8.96. The Labute approximate surface area is 195 Å². The molecule has 4 nitrogen and oxygen atoms in total. The van der Waals surface area contributed by atoms with Crippen molar-refractivity contribution in [2.45, 2.75) is 12.8 Å². The third-order valence-electron chi connectivity index (χ3n) is 5.45. The van der Waals surface area contributed by atoms with Crippen molar-refractivity contribution in [1.29, 1.82) is 0 Å². The number of rotatable bonds is 11. The number of pyridine rings is 1. The van der Waals surface area contributed by atoms with Crippen LogP contribution in [0.4, 0.5) is 17.1 Å². The number of hydrogen-bond donors (Lipinski definition) is 2. The molecule has 0 saturated carbocycles. The maximum absolute atomic E-state index is 6.08. The Morgan fingerprint density at radius 2 is 1.44 bits per heavy atom. The fraction of sp³-hybridized carbons (Fsp3) is 0.222. The van der Waals surface area contributed by atoms with E-state index in [1.54, 1.807) is 0 Å². The highest BCUT2D eigenvalue weighted by molar-refractivity contribution is 6.31. The zero-order valence-corrected chi connectivity index (χ0v) is 18.9. The van der Waals surface area contributed by atoms with Gasteiger partial charge in [0.05, 0.1) is 5.52 Å². The summed E-state index contributed by atoms with van der Waals surface area (Å²) in [6, 6.07) is 29.0. The van der Waals surface area contributed by atoms with Gasteiger partial charge in [0.1, 0.15) is 0 Å². The molecule has 4 aromatic rings. The number of hydrogen-bond acceptors (Lipinski definition) is 4. The first-order valence-corrected chi connectivity index (χ1v) is 11.6. The first kappa shape index (κ1) is 22.1. The lowest BCUT2D eigenvalue weighted by atomic mass is 10.2. The lowest BCUT2D eigenvalue weighted by molar-refractivity contribution is 0.634. The van der Waals surface area contributed by atoms with Crippen molar-refractivity contribution < 1.29 is 0 Å². The molecule has 5 heteroatoms. The minimum absolute atomic E-state index is 0.714. The zero-order chi connectivity index (χ0) is 22.0. The van der Waals surface area contributed by atoms with E-state index >= 15 is 0 Å². The maximum Gasteiger partial charge on any atom is 0.0737 e. The second-order valence-electron chi connectivity index (χ2n) is 7.73. The molecule has 1 aromatic heterocycles. The van der Waals surface area contributed by atoms with Gasteiger partial charge in [0.15, 0.2) is 0 Å². The molecule has 1 heterocycles. The van der Waals surface area contributed by atoms with E-state index in [2.05, 4.69) is 81.2 Å². The molecule has 2 N–H and O–H groups in total. The van der Waals surface area contributed by atoms with Gasteiger partial charge in [-0.25, -0.2) is 0 Å². The van der Waals surface area contributed by atoms with Crippen LogP contribution in [0, 0.1) is 0 Å². The van der Waals surface area contributed by atoms with Gasteiger partial charge >= 0.3 is 0 Å². The fourth-order valence-corrected chi connectivity index (χ4v) is 3.98. The minimum atomic E-state index is 0.714. The smallest absolute Gasteiger partial charge is 0.0737 e. The van der Waals surface area contributed by atoms with Crippen LogP contribution in [0.15, 0.2) is 91.1 Å². The Balaban J connectivity index is 1.19. The highest BCUT2D eigenvalue weighted by atomic mass is 35.5. The van der Waals surface area contributed by atoms with Crippen LogP contribution < -0.4 is 15.5 Å². The Morgan fingerprint density at radius 1 is 0.750 bits per heavy atom. The molecular weight excluding hydrogens is 416 g/mol. The van der Waals surface area contributed by atoms with Gasteiger partial charge in [0, 0.05) is 53.3 Å². The summed E-state index contributed by atoms with van der Waals surface area (Å²) in [7, 11) is 0. The predicted molar refractivity (Wildman–Crippen MR) is 137 cm³/mol. The van der Waals surface area contributed by atoms with Gasteiger partial charge in [-0.2, -0.15) is 0 Å². The number of benzene rings is 3. The molecule has 0 bridgehead atoms. The third kappa shape index (κ3) is 6.00. The van der Waals surface area contributed by atoms with Crippen molar-refractivity contribution in [2.24, 2.45) is 0 Å². The summed E-state index contributed by atoms with van der Waals surface area (Å²) in [5.41, 5.74) is 4.47. The monoisotopic (exact) mass is 444 g/mol. The van der Waals surface area contributed by atoms with Gasteiger partial charge in [-0.05, 0) is 67.9 Å². The van der Waals surface area contributed by atoms with Crippen LogP contribution in [0.5, 0.6) is 0 Å². The van der Waals surface area contributed by atoms with E-state index in [0.29, 0.717) is 5.02 Å². The molecule has 0 aliphatic heterocycles. The lowest BCUT2D eigenvalue weighted by Crippen LogP contribution is -2.29. The Morgan fingerprint density at radius 3 is 2.16 bits per heavy atom. The Bertz CT molecular complexity index is 1060. The standard InChI is InChI=1S/C27H29ClN4/c28-22-13-14-25-26(15-18-31-27(25)21-22)30-17-8-7-16-29-19-20-32(23-9-3-1-4-10-23)24-11-5-2-6-12-24/h1-6,9-15,18,21,29H,7-8,16-17,19-20H2,(H,30,31). The largest absolute Gasteiger partial charge is 0.384 e. The zero-order valence-electron chi connectivity index (χ0n) is 18.2. The number of para-hydroxylation sites is 2. The van der Waals surface area contributed by atoms with E-state index in [0.717, 1.165) is 55.6 Å². The predicted octanol–water partition coefficient (Wildman–Crippen LogP) is 6.51. The summed E-state index contributed by atoms with van der Waals surface area (Å²) in [5.74, 6) is 0. The number of unbranched alkanes of at least 4 members (excludes halogenated alkanes) is 1. The average molecular weight is 445 g/mol. The normalized spacial score (nSPS) is 10.9. The van der Waals surface area contributed by atoms with Crippen molar-refractivity contribution in [2.75, 3.05) is 36.4 Å². The number of aromatic nitrogens is 1. The van der Waals surface area contributed by atoms with Gasteiger partial charge < -0.3 is 15.5 Å². The highest BCUT2D eigenvalue weighted by Crippen LogP contribution is 2.25. The third-order valence-corrected chi connectivity index (χ3v) is 5.68. The molecule has 3 aromatic carbocycles. The molecule has 0 aliphatic carbocycles. The summed E-state index contributed by atoms with van der Waals surface area (Å²) >= 11 is 6.08. The molecule has 4 rings (SSSR count). The first-order valence-electron chi connectivity index (χ1n) is 11.2. The molecule has 32 heavy (non-hydrogen) atoms. The van der Waals surface area contributed by atoms with E-state index in [1.807, 2.05) is 30.5 Å². The van der Waals surface area contributed by atoms with Crippen molar-refractivity contribution >= 4 is 39.6 Å². The topological polar surface area (TPSA) is 40.2 Å². The number of nitrogens with one attached hydrogen (secondary N) is 2. The average Bonchev–Trinajstić information content (AvgIpc) is 2.84. The van der Waals surface area contributed by atoms with Crippen LogP contribution in [0.2, 0.25) is 5.02 Å². The van der Waals surface area contributed by atoms with Gasteiger partial charge in [-0.3, -0.25) is 4.98 Å².